The van der Waals surface area contributed by atoms with Crippen molar-refractivity contribution in [2.75, 3.05) is 0 Å². The molecule has 0 unspecified atom stereocenters. The number of rotatable bonds is 5. The molecule has 4 aromatic carbocycles. The van der Waals surface area contributed by atoms with E-state index >= 15 is 0 Å². The fourth-order valence-electron chi connectivity index (χ4n) is 4.67. The second-order valence-electron chi connectivity index (χ2n) is 8.57. The van der Waals surface area contributed by atoms with Crippen molar-refractivity contribution in [3.63, 3.8) is 0 Å². The first-order chi connectivity index (χ1) is 17.4. The Labute approximate surface area is 230 Å². The van der Waals surface area contributed by atoms with Crippen molar-refractivity contribution in [2.45, 2.75) is 13.8 Å². The van der Waals surface area contributed by atoms with E-state index < -0.39 is 7.05 Å². The van der Waals surface area contributed by atoms with Crippen LogP contribution in [0, 0.1) is 13.8 Å². The number of benzene rings is 4. The molecule has 0 amide bonds. The van der Waals surface area contributed by atoms with E-state index in [1.165, 1.54) is 5.30 Å². The minimum atomic E-state index is -2.54. The maximum absolute atomic E-state index is 6.71. The van der Waals surface area contributed by atoms with Crippen LogP contribution in [-0.2, 0) is 0 Å². The van der Waals surface area contributed by atoms with Crippen molar-refractivity contribution in [3.8, 4) is 5.69 Å². The van der Waals surface area contributed by atoms with Gasteiger partial charge in [-0.15, -0.1) is 0 Å². The number of hydrogen-bond donors (Lipinski definition) is 0. The molecule has 0 atom stereocenters. The van der Waals surface area contributed by atoms with E-state index in [1.807, 2.05) is 24.3 Å². The van der Waals surface area contributed by atoms with E-state index in [9.17, 15) is 0 Å². The first kappa shape index (κ1) is 25.1. The fraction of sp³-hybridized carbons (Fsp3) is 0.0667. The van der Waals surface area contributed by atoms with Gasteiger partial charge in [0.1, 0.15) is 0 Å². The summed E-state index contributed by atoms with van der Waals surface area (Å²) in [6.07, 6.45) is 0. The summed E-state index contributed by atoms with van der Waals surface area (Å²) in [4.78, 5) is 0. The van der Waals surface area contributed by atoms with Crippen LogP contribution in [0.2, 0.25) is 10.0 Å². The third-order valence-electron chi connectivity index (χ3n) is 6.26. The van der Waals surface area contributed by atoms with Crippen LogP contribution in [0.5, 0.6) is 0 Å². The van der Waals surface area contributed by atoms with Crippen LogP contribution in [0.15, 0.2) is 118 Å². The quantitative estimate of drug-likeness (QED) is 0.181. The first-order valence-corrected chi connectivity index (χ1v) is 14.8. The van der Waals surface area contributed by atoms with Crippen molar-refractivity contribution in [1.29, 1.82) is 0 Å². The molecule has 0 aliphatic heterocycles. The van der Waals surface area contributed by atoms with Gasteiger partial charge in [0.2, 0.25) is 0 Å². The zero-order chi connectivity index (χ0) is 25.3. The average molecular weight is 594 g/mol. The monoisotopic (exact) mass is 592 g/mol. The molecular formula is C30H24BrCl2N2P. The summed E-state index contributed by atoms with van der Waals surface area (Å²) < 4.78 is 8.91. The Morgan fingerprint density at radius 2 is 1.31 bits per heavy atom. The van der Waals surface area contributed by atoms with Crippen molar-refractivity contribution >= 4 is 67.8 Å². The molecule has 0 aliphatic rings. The van der Waals surface area contributed by atoms with Gasteiger partial charge in [0.25, 0.3) is 0 Å². The van der Waals surface area contributed by atoms with E-state index in [0.29, 0.717) is 15.7 Å². The SMILES string of the molecule is Cc1cc(P(=Nc2cc(Cl)ccc2Cl)(c2ccccc2)c2ccccc2)c(C)n1-c1ccc(Br)cc1. The summed E-state index contributed by atoms with van der Waals surface area (Å²) in [5, 5.41) is 4.69. The van der Waals surface area contributed by atoms with E-state index in [-0.39, 0.29) is 0 Å². The van der Waals surface area contributed by atoms with Gasteiger partial charge in [0.05, 0.1) is 17.8 Å². The standard InChI is InChI=1S/C30H24BrCl2N2P/c1-21-19-30(22(2)35(21)25-16-13-23(31)14-17-25)36(26-9-5-3-6-10-26,27-11-7-4-8-12-27)34-29-20-24(32)15-18-28(29)33/h3-20H,1-2H3. The molecule has 0 N–H and O–H groups in total. The number of nitrogens with zero attached hydrogens (tertiary/aromatic N) is 2. The van der Waals surface area contributed by atoms with Crippen molar-refractivity contribution < 1.29 is 0 Å². The molecule has 0 saturated heterocycles. The Balaban J connectivity index is 1.93. The molecular weight excluding hydrogens is 570 g/mol. The van der Waals surface area contributed by atoms with Crippen molar-refractivity contribution in [2.24, 2.45) is 4.74 Å². The smallest absolute Gasteiger partial charge is 0.0826 e. The largest absolute Gasteiger partial charge is 0.318 e. The number of aryl methyl sites for hydroxylation is 1. The van der Waals surface area contributed by atoms with Gasteiger partial charge >= 0.3 is 0 Å². The molecule has 2 nitrogen and oxygen atoms in total. The highest BCUT2D eigenvalue weighted by atomic mass is 79.9. The van der Waals surface area contributed by atoms with E-state index in [1.54, 1.807) is 6.07 Å². The summed E-state index contributed by atoms with van der Waals surface area (Å²) in [6.45, 7) is 4.33. The Morgan fingerprint density at radius 3 is 1.89 bits per heavy atom. The highest BCUT2D eigenvalue weighted by Crippen LogP contribution is 2.52. The van der Waals surface area contributed by atoms with Crippen LogP contribution in [0.3, 0.4) is 0 Å². The Hall–Kier alpha value is -2.55. The molecule has 1 heterocycles. The zero-order valence-electron chi connectivity index (χ0n) is 19.9. The van der Waals surface area contributed by atoms with Gasteiger partial charge in [-0.1, -0.05) is 99.8 Å². The molecule has 36 heavy (non-hydrogen) atoms. The predicted molar refractivity (Wildman–Crippen MR) is 160 cm³/mol. The maximum Gasteiger partial charge on any atom is 0.0826 e. The molecule has 5 rings (SSSR count). The highest BCUT2D eigenvalue weighted by Gasteiger charge is 2.32. The topological polar surface area (TPSA) is 17.3 Å². The van der Waals surface area contributed by atoms with E-state index in [4.69, 9.17) is 27.9 Å². The third-order valence-corrected chi connectivity index (χ3v) is 11.1. The van der Waals surface area contributed by atoms with Crippen LogP contribution in [0.25, 0.3) is 5.69 Å². The highest BCUT2D eigenvalue weighted by molar-refractivity contribution is 9.10. The van der Waals surface area contributed by atoms with Crippen LogP contribution in [-0.4, -0.2) is 4.57 Å². The first-order valence-electron chi connectivity index (χ1n) is 11.5. The van der Waals surface area contributed by atoms with Crippen LogP contribution in [0.1, 0.15) is 11.4 Å². The summed E-state index contributed by atoms with van der Waals surface area (Å²) >= 11 is 16.7. The minimum absolute atomic E-state index is 0.581. The molecule has 0 fully saturated rings. The molecule has 5 aromatic rings. The maximum atomic E-state index is 6.71. The number of aromatic nitrogens is 1. The lowest BCUT2D eigenvalue weighted by Gasteiger charge is -2.27. The lowest BCUT2D eigenvalue weighted by molar-refractivity contribution is 0.968. The summed E-state index contributed by atoms with van der Waals surface area (Å²) in [7, 11) is -2.54. The lowest BCUT2D eigenvalue weighted by atomic mass is 10.3. The van der Waals surface area contributed by atoms with Gasteiger partial charge in [-0.05, 0) is 62.4 Å². The molecule has 0 bridgehead atoms. The van der Waals surface area contributed by atoms with Crippen LogP contribution >= 0.6 is 46.2 Å². The minimum Gasteiger partial charge on any atom is -0.318 e. The molecule has 6 heteroatoms. The van der Waals surface area contributed by atoms with E-state index in [2.05, 4.69) is 113 Å². The zero-order valence-corrected chi connectivity index (χ0v) is 23.9. The van der Waals surface area contributed by atoms with Gasteiger partial charge in [-0.25, -0.2) is 0 Å². The van der Waals surface area contributed by atoms with Gasteiger partial charge in [0, 0.05) is 42.5 Å². The fourth-order valence-corrected chi connectivity index (χ4v) is 9.15. The average Bonchev–Trinajstić information content (AvgIpc) is 3.20. The summed E-state index contributed by atoms with van der Waals surface area (Å²) in [5.74, 6) is 0. The Morgan fingerprint density at radius 1 is 0.722 bits per heavy atom. The van der Waals surface area contributed by atoms with Crippen molar-refractivity contribution in [3.05, 3.63) is 135 Å². The molecule has 180 valence electrons. The third kappa shape index (κ3) is 4.62. The molecule has 0 aliphatic carbocycles. The molecule has 0 radical (unpaired) electrons. The molecule has 0 spiro atoms. The number of hydrogen-bond acceptors (Lipinski definition) is 1. The molecule has 1 aromatic heterocycles. The second kappa shape index (κ2) is 10.4. The Bertz CT molecular complexity index is 1530. The van der Waals surface area contributed by atoms with Gasteiger partial charge < -0.3 is 4.57 Å². The van der Waals surface area contributed by atoms with Gasteiger partial charge in [0.15, 0.2) is 0 Å². The summed E-state index contributed by atoms with van der Waals surface area (Å²) in [5.41, 5.74) is 4.10. The second-order valence-corrected chi connectivity index (χ2v) is 13.3. The molecule has 0 saturated carbocycles. The van der Waals surface area contributed by atoms with Crippen LogP contribution < -0.4 is 15.9 Å². The normalized spacial score (nSPS) is 11.5. The van der Waals surface area contributed by atoms with Crippen LogP contribution in [0.4, 0.5) is 5.69 Å². The van der Waals surface area contributed by atoms with Gasteiger partial charge in [-0.2, -0.15) is 0 Å². The summed E-state index contributed by atoms with van der Waals surface area (Å²) in [6, 6.07) is 37.3. The Kier molecular flexibility index (Phi) is 7.28. The van der Waals surface area contributed by atoms with E-state index in [0.717, 1.165) is 32.2 Å². The van der Waals surface area contributed by atoms with Crippen molar-refractivity contribution in [1.82, 2.24) is 4.57 Å². The predicted octanol–water partition coefficient (Wildman–Crippen LogP) is 8.97. The van der Waals surface area contributed by atoms with Gasteiger partial charge in [-0.3, -0.25) is 4.74 Å². The number of halogens is 3. The lowest BCUT2D eigenvalue weighted by Crippen LogP contribution is -2.26.